The fraction of sp³-hybridized carbons (Fsp3) is 0.292. The molecule has 0 bridgehead atoms. The number of hydrogen-bond acceptors (Lipinski definition) is 6. The molecule has 0 aliphatic rings. The number of rotatable bonds is 8. The molecule has 3 aromatic rings. The highest BCUT2D eigenvalue weighted by Gasteiger charge is 2.23. The van der Waals surface area contributed by atoms with E-state index in [0.29, 0.717) is 17.8 Å². The summed E-state index contributed by atoms with van der Waals surface area (Å²) in [5.41, 5.74) is 1.43. The summed E-state index contributed by atoms with van der Waals surface area (Å²) in [4.78, 5) is 35.8. The molecule has 1 N–H and O–H groups in total. The first-order valence-corrected chi connectivity index (χ1v) is 10.1. The fourth-order valence-electron chi connectivity index (χ4n) is 3.27. The van der Waals surface area contributed by atoms with E-state index in [1.54, 1.807) is 19.1 Å². The summed E-state index contributed by atoms with van der Waals surface area (Å²) < 4.78 is 11.0. The van der Waals surface area contributed by atoms with Crippen molar-refractivity contribution in [2.75, 3.05) is 0 Å². The van der Waals surface area contributed by atoms with Crippen molar-refractivity contribution >= 4 is 22.8 Å². The first kappa shape index (κ1) is 22.1. The lowest BCUT2D eigenvalue weighted by Crippen LogP contribution is -2.54. The van der Waals surface area contributed by atoms with E-state index in [1.807, 2.05) is 37.3 Å². The van der Waals surface area contributed by atoms with Crippen LogP contribution in [0.15, 0.2) is 63.8 Å². The Hall–Kier alpha value is -3.61. The maximum absolute atomic E-state index is 12.4. The van der Waals surface area contributed by atoms with Gasteiger partial charge < -0.3 is 24.4 Å². The SMILES string of the molecule is CC[C@@H](C)[C@@H](NC(=O)[C@@H](C)Oc1ccc2c(-c3ccccc3)cc(=O)oc2c1)C(=O)[O-]. The van der Waals surface area contributed by atoms with E-state index in [0.717, 1.165) is 16.5 Å². The minimum Gasteiger partial charge on any atom is -0.548 e. The summed E-state index contributed by atoms with van der Waals surface area (Å²) in [5, 5.41) is 14.5. The third kappa shape index (κ3) is 5.12. The fourth-order valence-corrected chi connectivity index (χ4v) is 3.27. The van der Waals surface area contributed by atoms with Gasteiger partial charge in [-0.05, 0) is 36.1 Å². The Kier molecular flexibility index (Phi) is 6.74. The molecule has 0 aliphatic carbocycles. The molecular weight excluding hydrogens is 398 g/mol. The van der Waals surface area contributed by atoms with Crippen molar-refractivity contribution in [1.29, 1.82) is 0 Å². The number of carbonyl (C=O) groups is 2. The summed E-state index contributed by atoms with van der Waals surface area (Å²) in [6, 6.07) is 14.7. The molecule has 0 unspecified atom stereocenters. The summed E-state index contributed by atoms with van der Waals surface area (Å²) in [5.74, 6) is -1.88. The van der Waals surface area contributed by atoms with Crippen LogP contribution in [0.3, 0.4) is 0 Å². The van der Waals surface area contributed by atoms with Crippen LogP contribution >= 0.6 is 0 Å². The van der Waals surface area contributed by atoms with Crippen LogP contribution in [0.2, 0.25) is 0 Å². The monoisotopic (exact) mass is 422 g/mol. The maximum Gasteiger partial charge on any atom is 0.336 e. The number of carboxylic acid groups (broad SMARTS) is 1. The molecule has 3 rings (SSSR count). The number of nitrogens with one attached hydrogen (secondary N) is 1. The quantitative estimate of drug-likeness (QED) is 0.559. The molecular formula is C24H24NO6-. The zero-order valence-electron chi connectivity index (χ0n) is 17.6. The van der Waals surface area contributed by atoms with Gasteiger partial charge in [0, 0.05) is 17.5 Å². The molecule has 0 fully saturated rings. The lowest BCUT2D eigenvalue weighted by Gasteiger charge is -2.26. The number of aliphatic carboxylic acids is 1. The Balaban J connectivity index is 1.83. The Bertz CT molecular complexity index is 1140. The minimum absolute atomic E-state index is 0.285. The molecule has 31 heavy (non-hydrogen) atoms. The van der Waals surface area contributed by atoms with Gasteiger partial charge in [0.2, 0.25) is 0 Å². The highest BCUT2D eigenvalue weighted by molar-refractivity contribution is 5.94. The van der Waals surface area contributed by atoms with Gasteiger partial charge in [0.25, 0.3) is 5.91 Å². The summed E-state index contributed by atoms with van der Waals surface area (Å²) in [6.07, 6.45) is -0.394. The van der Waals surface area contributed by atoms with E-state index < -0.39 is 29.6 Å². The Morgan fingerprint density at radius 1 is 1.10 bits per heavy atom. The second kappa shape index (κ2) is 9.47. The van der Waals surface area contributed by atoms with Gasteiger partial charge in [-0.25, -0.2) is 4.79 Å². The van der Waals surface area contributed by atoms with Crippen molar-refractivity contribution in [2.24, 2.45) is 5.92 Å². The number of amides is 1. The van der Waals surface area contributed by atoms with Crippen LogP contribution in [0.4, 0.5) is 0 Å². The summed E-state index contributed by atoms with van der Waals surface area (Å²) >= 11 is 0. The molecule has 0 radical (unpaired) electrons. The molecule has 1 amide bonds. The molecule has 1 heterocycles. The molecule has 0 saturated heterocycles. The Labute approximate surface area is 179 Å². The number of ether oxygens (including phenoxy) is 1. The van der Waals surface area contributed by atoms with Crippen LogP contribution in [-0.4, -0.2) is 24.0 Å². The molecule has 0 spiro atoms. The molecule has 0 saturated carbocycles. The van der Waals surface area contributed by atoms with Gasteiger partial charge in [-0.1, -0.05) is 50.6 Å². The van der Waals surface area contributed by atoms with Gasteiger partial charge in [0.15, 0.2) is 6.10 Å². The van der Waals surface area contributed by atoms with Crippen molar-refractivity contribution in [3.63, 3.8) is 0 Å². The molecule has 0 aliphatic heterocycles. The van der Waals surface area contributed by atoms with Gasteiger partial charge in [0.1, 0.15) is 11.3 Å². The normalized spacial score (nSPS) is 13.9. The van der Waals surface area contributed by atoms with E-state index in [1.165, 1.54) is 19.1 Å². The van der Waals surface area contributed by atoms with Crippen molar-refractivity contribution in [1.82, 2.24) is 5.32 Å². The van der Waals surface area contributed by atoms with Crippen LogP contribution in [0.1, 0.15) is 27.2 Å². The number of benzene rings is 2. The van der Waals surface area contributed by atoms with Gasteiger partial charge >= 0.3 is 5.63 Å². The van der Waals surface area contributed by atoms with Crippen molar-refractivity contribution in [2.45, 2.75) is 39.3 Å². The zero-order valence-corrected chi connectivity index (χ0v) is 17.6. The number of hydrogen-bond donors (Lipinski definition) is 1. The maximum atomic E-state index is 12.4. The van der Waals surface area contributed by atoms with Crippen molar-refractivity contribution in [3.05, 3.63) is 65.0 Å². The summed E-state index contributed by atoms with van der Waals surface area (Å²) in [6.45, 7) is 5.07. The average molecular weight is 422 g/mol. The molecule has 7 heteroatoms. The Morgan fingerprint density at radius 3 is 2.45 bits per heavy atom. The standard InChI is InChI=1S/C24H25NO6/c1-4-14(2)22(24(28)29)25-23(27)15(3)30-17-10-11-18-19(16-8-6-5-7-9-16)13-21(26)31-20(18)12-17/h5-15,22H,4H2,1-3H3,(H,25,27)(H,28,29)/p-1/t14-,15-,22-/m1/s1. The number of carboxylic acids is 1. The highest BCUT2D eigenvalue weighted by Crippen LogP contribution is 2.29. The predicted octanol–water partition coefficient (Wildman–Crippen LogP) is 2.51. The van der Waals surface area contributed by atoms with Gasteiger partial charge in [0.05, 0.1) is 12.0 Å². The molecule has 3 atom stereocenters. The molecule has 7 nitrogen and oxygen atoms in total. The molecule has 162 valence electrons. The van der Waals surface area contributed by atoms with Crippen LogP contribution < -0.4 is 20.8 Å². The molecule has 1 aromatic heterocycles. The smallest absolute Gasteiger partial charge is 0.336 e. The second-order valence-electron chi connectivity index (χ2n) is 7.45. The van der Waals surface area contributed by atoms with Crippen LogP contribution in [0, 0.1) is 5.92 Å². The van der Waals surface area contributed by atoms with E-state index in [4.69, 9.17) is 9.15 Å². The van der Waals surface area contributed by atoms with Gasteiger partial charge in [-0.2, -0.15) is 0 Å². The topological polar surface area (TPSA) is 109 Å². The predicted molar refractivity (Wildman–Crippen MR) is 114 cm³/mol. The minimum atomic E-state index is -1.34. The lowest BCUT2D eigenvalue weighted by molar-refractivity contribution is -0.309. The average Bonchev–Trinajstić information content (AvgIpc) is 2.76. The summed E-state index contributed by atoms with van der Waals surface area (Å²) in [7, 11) is 0. The first-order chi connectivity index (χ1) is 14.8. The van der Waals surface area contributed by atoms with E-state index >= 15 is 0 Å². The van der Waals surface area contributed by atoms with E-state index in [2.05, 4.69) is 5.32 Å². The van der Waals surface area contributed by atoms with Crippen LogP contribution in [0.25, 0.3) is 22.1 Å². The van der Waals surface area contributed by atoms with Crippen molar-refractivity contribution < 1.29 is 23.8 Å². The van der Waals surface area contributed by atoms with E-state index in [-0.39, 0.29) is 5.92 Å². The first-order valence-electron chi connectivity index (χ1n) is 10.1. The highest BCUT2D eigenvalue weighted by atomic mass is 16.5. The van der Waals surface area contributed by atoms with Gasteiger partial charge in [-0.15, -0.1) is 0 Å². The van der Waals surface area contributed by atoms with Crippen LogP contribution in [0.5, 0.6) is 5.75 Å². The lowest BCUT2D eigenvalue weighted by atomic mass is 9.99. The Morgan fingerprint density at radius 2 is 1.81 bits per heavy atom. The van der Waals surface area contributed by atoms with E-state index in [9.17, 15) is 19.5 Å². The van der Waals surface area contributed by atoms with Crippen molar-refractivity contribution in [3.8, 4) is 16.9 Å². The second-order valence-corrected chi connectivity index (χ2v) is 7.45. The third-order valence-electron chi connectivity index (χ3n) is 5.25. The molecule has 2 aromatic carbocycles. The zero-order chi connectivity index (χ0) is 22.5. The van der Waals surface area contributed by atoms with Gasteiger partial charge in [-0.3, -0.25) is 4.79 Å². The number of fused-ring (bicyclic) bond motifs is 1. The third-order valence-corrected chi connectivity index (χ3v) is 5.25. The largest absolute Gasteiger partial charge is 0.548 e. The number of carbonyl (C=O) groups excluding carboxylic acids is 2. The van der Waals surface area contributed by atoms with Crippen LogP contribution in [-0.2, 0) is 9.59 Å².